The van der Waals surface area contributed by atoms with E-state index in [0.717, 1.165) is 15.8 Å². The zero-order valence-electron chi connectivity index (χ0n) is 11.7. The van der Waals surface area contributed by atoms with Crippen LogP contribution in [0.3, 0.4) is 0 Å². The molecule has 1 aliphatic carbocycles. The Kier molecular flexibility index (Phi) is 5.21. The Balaban J connectivity index is 1.67. The molecule has 20 heavy (non-hydrogen) atoms. The first kappa shape index (κ1) is 15.5. The predicted molar refractivity (Wildman–Crippen MR) is 83.4 cm³/mol. The first-order valence-corrected chi connectivity index (χ1v) is 8.39. The Morgan fingerprint density at radius 1 is 1.55 bits per heavy atom. The molecule has 1 fully saturated rings. The van der Waals surface area contributed by atoms with Gasteiger partial charge in [0.1, 0.15) is 0 Å². The molecular weight excluding hydrogens is 340 g/mol. The van der Waals surface area contributed by atoms with E-state index in [-0.39, 0.29) is 17.7 Å². The zero-order chi connectivity index (χ0) is 14.7. The Hall–Kier alpha value is -0.880. The molecular formula is C14H19BrN2O2S. The van der Waals surface area contributed by atoms with Crippen LogP contribution in [0.15, 0.2) is 15.2 Å². The van der Waals surface area contributed by atoms with E-state index in [1.165, 1.54) is 0 Å². The average Bonchev–Trinajstić information content (AvgIpc) is 2.99. The maximum absolute atomic E-state index is 12.0. The number of hydrogen-bond acceptors (Lipinski definition) is 3. The highest BCUT2D eigenvalue weighted by Crippen LogP contribution is 2.37. The summed E-state index contributed by atoms with van der Waals surface area (Å²) in [7, 11) is 1.79. The molecule has 0 bridgehead atoms. The van der Waals surface area contributed by atoms with E-state index in [4.69, 9.17) is 0 Å². The zero-order valence-corrected chi connectivity index (χ0v) is 14.1. The fourth-order valence-electron chi connectivity index (χ4n) is 2.09. The van der Waals surface area contributed by atoms with Gasteiger partial charge in [-0.25, -0.2) is 0 Å². The second-order valence-corrected chi connectivity index (χ2v) is 7.66. The van der Waals surface area contributed by atoms with Crippen LogP contribution in [0.2, 0.25) is 0 Å². The maximum Gasteiger partial charge on any atom is 0.224 e. The van der Waals surface area contributed by atoms with E-state index < -0.39 is 0 Å². The van der Waals surface area contributed by atoms with Crippen LogP contribution in [0.25, 0.3) is 0 Å². The first-order valence-electron chi connectivity index (χ1n) is 6.72. The van der Waals surface area contributed by atoms with Gasteiger partial charge < -0.3 is 10.2 Å². The predicted octanol–water partition coefficient (Wildman–Crippen LogP) is 2.63. The number of halogens is 1. The smallest absolute Gasteiger partial charge is 0.224 e. The minimum absolute atomic E-state index is 0.0523. The summed E-state index contributed by atoms with van der Waals surface area (Å²) in [4.78, 5) is 25.3. The van der Waals surface area contributed by atoms with Crippen molar-refractivity contribution in [3.63, 3.8) is 0 Å². The van der Waals surface area contributed by atoms with Crippen LogP contribution in [-0.2, 0) is 16.1 Å². The molecule has 0 spiro atoms. The molecule has 2 atom stereocenters. The fourth-order valence-corrected chi connectivity index (χ4v) is 3.29. The van der Waals surface area contributed by atoms with Crippen LogP contribution >= 0.6 is 27.3 Å². The Labute approximate surface area is 131 Å². The lowest BCUT2D eigenvalue weighted by Crippen LogP contribution is -2.32. The van der Waals surface area contributed by atoms with Gasteiger partial charge in [0.2, 0.25) is 11.8 Å². The molecule has 4 nitrogen and oxygen atoms in total. The van der Waals surface area contributed by atoms with Gasteiger partial charge in [0.25, 0.3) is 0 Å². The van der Waals surface area contributed by atoms with Gasteiger partial charge in [0, 0.05) is 32.5 Å². The molecule has 1 N–H and O–H groups in total. The average molecular weight is 359 g/mol. The van der Waals surface area contributed by atoms with Gasteiger partial charge in [-0.15, -0.1) is 11.3 Å². The summed E-state index contributed by atoms with van der Waals surface area (Å²) in [6, 6.07) is 2.02. The van der Waals surface area contributed by atoms with E-state index in [0.29, 0.717) is 25.4 Å². The number of nitrogens with one attached hydrogen (secondary N) is 1. The van der Waals surface area contributed by atoms with Crippen molar-refractivity contribution in [2.75, 3.05) is 13.6 Å². The summed E-state index contributed by atoms with van der Waals surface area (Å²) >= 11 is 5.02. The number of nitrogens with zero attached hydrogens (tertiary/aromatic N) is 1. The summed E-state index contributed by atoms with van der Waals surface area (Å²) in [6.45, 7) is 3.11. The molecule has 2 amide bonds. The molecule has 1 aromatic heterocycles. The fraction of sp³-hybridized carbons (Fsp3) is 0.571. The molecule has 0 aliphatic heterocycles. The molecule has 1 saturated carbocycles. The summed E-state index contributed by atoms with van der Waals surface area (Å²) in [5.41, 5.74) is 1.12. The molecule has 0 saturated heterocycles. The van der Waals surface area contributed by atoms with Crippen molar-refractivity contribution in [1.82, 2.24) is 10.2 Å². The van der Waals surface area contributed by atoms with Crippen LogP contribution < -0.4 is 5.32 Å². The standard InChI is InChI=1S/C14H19BrN2O2S/c1-9-5-11(9)14(19)16-4-3-13(18)17(2)7-10-6-12(15)20-8-10/h6,8-9,11H,3-5,7H2,1-2H3,(H,16,19). The summed E-state index contributed by atoms with van der Waals surface area (Å²) in [5, 5.41) is 4.87. The third-order valence-electron chi connectivity index (χ3n) is 3.55. The molecule has 1 aliphatic rings. The van der Waals surface area contributed by atoms with Gasteiger partial charge in [0.05, 0.1) is 3.79 Å². The second-order valence-electron chi connectivity index (χ2n) is 5.37. The monoisotopic (exact) mass is 358 g/mol. The largest absolute Gasteiger partial charge is 0.355 e. The third-order valence-corrected chi connectivity index (χ3v) is 5.10. The van der Waals surface area contributed by atoms with Crippen molar-refractivity contribution >= 4 is 39.1 Å². The number of carbonyl (C=O) groups is 2. The minimum Gasteiger partial charge on any atom is -0.355 e. The van der Waals surface area contributed by atoms with Gasteiger partial charge in [0.15, 0.2) is 0 Å². The Morgan fingerprint density at radius 2 is 2.25 bits per heavy atom. The lowest BCUT2D eigenvalue weighted by atomic mass is 10.3. The first-order chi connectivity index (χ1) is 9.47. The van der Waals surface area contributed by atoms with Crippen LogP contribution in [0, 0.1) is 11.8 Å². The molecule has 0 radical (unpaired) electrons. The van der Waals surface area contributed by atoms with E-state index in [1.54, 1.807) is 23.3 Å². The molecule has 1 heterocycles. The van der Waals surface area contributed by atoms with Crippen molar-refractivity contribution < 1.29 is 9.59 Å². The highest BCUT2D eigenvalue weighted by atomic mass is 79.9. The molecule has 1 aromatic rings. The van der Waals surface area contributed by atoms with Crippen LogP contribution in [-0.4, -0.2) is 30.3 Å². The van der Waals surface area contributed by atoms with E-state index in [9.17, 15) is 9.59 Å². The quantitative estimate of drug-likeness (QED) is 0.849. The normalized spacial score (nSPS) is 20.6. The van der Waals surface area contributed by atoms with Crippen LogP contribution in [0.1, 0.15) is 25.3 Å². The van der Waals surface area contributed by atoms with Crippen LogP contribution in [0.4, 0.5) is 0 Å². The van der Waals surface area contributed by atoms with Gasteiger partial charge in [-0.3, -0.25) is 9.59 Å². The maximum atomic E-state index is 12.0. The SMILES string of the molecule is CC1CC1C(=O)NCCC(=O)N(C)Cc1csc(Br)c1. The van der Waals surface area contributed by atoms with Crippen molar-refractivity contribution in [3.05, 3.63) is 20.8 Å². The number of amides is 2. The molecule has 0 aromatic carbocycles. The van der Waals surface area contributed by atoms with E-state index >= 15 is 0 Å². The third kappa shape index (κ3) is 4.31. The van der Waals surface area contributed by atoms with Crippen molar-refractivity contribution in [3.8, 4) is 0 Å². The van der Waals surface area contributed by atoms with Gasteiger partial charge in [-0.2, -0.15) is 0 Å². The summed E-state index contributed by atoms with van der Waals surface area (Å²) < 4.78 is 1.07. The van der Waals surface area contributed by atoms with Gasteiger partial charge in [-0.1, -0.05) is 6.92 Å². The highest BCUT2D eigenvalue weighted by Gasteiger charge is 2.38. The van der Waals surface area contributed by atoms with E-state index in [1.807, 2.05) is 11.4 Å². The lowest BCUT2D eigenvalue weighted by molar-refractivity contribution is -0.130. The number of hydrogen-bond donors (Lipinski definition) is 1. The number of carbonyl (C=O) groups excluding carboxylic acids is 2. The van der Waals surface area contributed by atoms with Crippen molar-refractivity contribution in [2.45, 2.75) is 26.3 Å². The number of rotatable bonds is 6. The second kappa shape index (κ2) is 6.72. The number of thiophene rings is 1. The van der Waals surface area contributed by atoms with Crippen molar-refractivity contribution in [1.29, 1.82) is 0 Å². The Morgan fingerprint density at radius 3 is 2.80 bits per heavy atom. The molecule has 2 unspecified atom stereocenters. The topological polar surface area (TPSA) is 49.4 Å². The van der Waals surface area contributed by atoms with Crippen LogP contribution in [0.5, 0.6) is 0 Å². The van der Waals surface area contributed by atoms with Gasteiger partial charge >= 0.3 is 0 Å². The minimum atomic E-state index is 0.0523. The van der Waals surface area contributed by atoms with Gasteiger partial charge in [-0.05, 0) is 45.3 Å². The summed E-state index contributed by atoms with van der Waals surface area (Å²) in [6.07, 6.45) is 1.33. The van der Waals surface area contributed by atoms with Crippen molar-refractivity contribution in [2.24, 2.45) is 11.8 Å². The molecule has 110 valence electrons. The Bertz CT molecular complexity index is 503. The molecule has 2 rings (SSSR count). The molecule has 6 heteroatoms. The summed E-state index contributed by atoms with van der Waals surface area (Å²) in [5.74, 6) is 0.822. The lowest BCUT2D eigenvalue weighted by Gasteiger charge is -2.16. The highest BCUT2D eigenvalue weighted by molar-refractivity contribution is 9.11. The van der Waals surface area contributed by atoms with E-state index in [2.05, 4.69) is 28.2 Å².